The molecule has 2 aromatic heterocycles. The summed E-state index contributed by atoms with van der Waals surface area (Å²) in [5.74, 6) is -0.138. The van der Waals surface area contributed by atoms with Crippen LogP contribution in [0, 0.1) is 5.82 Å². The van der Waals surface area contributed by atoms with E-state index in [9.17, 15) is 9.18 Å². The van der Waals surface area contributed by atoms with Gasteiger partial charge in [0.25, 0.3) is 0 Å². The molecular weight excluding hydrogens is 407 g/mol. The summed E-state index contributed by atoms with van der Waals surface area (Å²) in [5, 5.41) is 0.766. The summed E-state index contributed by atoms with van der Waals surface area (Å²) in [6.07, 6.45) is 0. The summed E-state index contributed by atoms with van der Waals surface area (Å²) in [7, 11) is 0. The standard InChI is InChI=1S/C22H21FN2O4S/c1-3-27-11-10-25-16-9-8-15(23)13-19(16)30-22(25)24-21(26)18-12-14-6-5-7-17(28-4-2)20(14)29-18/h5-9,12-13H,3-4,10-11H2,1-2H3. The van der Waals surface area contributed by atoms with Crippen molar-refractivity contribution in [3.63, 3.8) is 0 Å². The fraction of sp³-hybridized carbons (Fsp3) is 0.273. The summed E-state index contributed by atoms with van der Waals surface area (Å²) in [6, 6.07) is 11.7. The topological polar surface area (TPSA) is 66.0 Å². The lowest BCUT2D eigenvalue weighted by atomic mass is 10.2. The summed E-state index contributed by atoms with van der Waals surface area (Å²) in [6.45, 7) is 5.84. The second-order valence-electron chi connectivity index (χ2n) is 6.48. The van der Waals surface area contributed by atoms with Gasteiger partial charge in [0.05, 0.1) is 23.4 Å². The van der Waals surface area contributed by atoms with Crippen molar-refractivity contribution in [3.8, 4) is 5.75 Å². The Morgan fingerprint density at radius 1 is 1.20 bits per heavy atom. The first-order valence-corrected chi connectivity index (χ1v) is 10.5. The first-order chi connectivity index (χ1) is 14.6. The van der Waals surface area contributed by atoms with Crippen LogP contribution in [0.15, 0.2) is 51.9 Å². The molecule has 4 rings (SSSR count). The number of carbonyl (C=O) groups is 1. The minimum absolute atomic E-state index is 0.122. The summed E-state index contributed by atoms with van der Waals surface area (Å²) in [4.78, 5) is 17.6. The smallest absolute Gasteiger partial charge is 0.315 e. The van der Waals surface area contributed by atoms with Crippen molar-refractivity contribution in [1.29, 1.82) is 0 Å². The quantitative estimate of drug-likeness (QED) is 0.398. The Balaban J connectivity index is 1.76. The highest BCUT2D eigenvalue weighted by Crippen LogP contribution is 2.29. The Morgan fingerprint density at radius 2 is 2.07 bits per heavy atom. The lowest BCUT2D eigenvalue weighted by Gasteiger charge is -2.05. The molecule has 0 saturated carbocycles. The lowest BCUT2D eigenvalue weighted by Crippen LogP contribution is -2.19. The first-order valence-electron chi connectivity index (χ1n) is 9.71. The van der Waals surface area contributed by atoms with E-state index >= 15 is 0 Å². The SMILES string of the molecule is CCOCCn1c(=NC(=O)c2cc3cccc(OCC)c3o2)sc2cc(F)ccc21. The lowest BCUT2D eigenvalue weighted by molar-refractivity contribution is 0.0972. The zero-order valence-electron chi connectivity index (χ0n) is 16.7. The molecule has 2 aromatic carbocycles. The molecule has 2 heterocycles. The van der Waals surface area contributed by atoms with Crippen LogP contribution in [-0.2, 0) is 11.3 Å². The summed E-state index contributed by atoms with van der Waals surface area (Å²) >= 11 is 1.25. The van der Waals surface area contributed by atoms with E-state index in [0.717, 1.165) is 10.9 Å². The van der Waals surface area contributed by atoms with Gasteiger partial charge < -0.3 is 18.5 Å². The molecule has 0 aliphatic heterocycles. The van der Waals surface area contributed by atoms with Crippen LogP contribution in [0.2, 0.25) is 0 Å². The largest absolute Gasteiger partial charge is 0.490 e. The number of para-hydroxylation sites is 1. The number of nitrogens with zero attached hydrogens (tertiary/aromatic N) is 2. The van der Waals surface area contributed by atoms with E-state index in [-0.39, 0.29) is 11.6 Å². The van der Waals surface area contributed by atoms with Gasteiger partial charge in [-0.05, 0) is 44.2 Å². The Bertz CT molecular complexity index is 1270. The van der Waals surface area contributed by atoms with Gasteiger partial charge in [0.1, 0.15) is 5.82 Å². The van der Waals surface area contributed by atoms with Gasteiger partial charge in [-0.15, -0.1) is 0 Å². The maximum absolute atomic E-state index is 13.7. The number of amides is 1. The van der Waals surface area contributed by atoms with Crippen LogP contribution in [0.1, 0.15) is 24.4 Å². The van der Waals surface area contributed by atoms with Crippen molar-refractivity contribution in [3.05, 3.63) is 58.8 Å². The monoisotopic (exact) mass is 428 g/mol. The molecule has 156 valence electrons. The number of rotatable bonds is 7. The van der Waals surface area contributed by atoms with Gasteiger partial charge in [-0.2, -0.15) is 4.99 Å². The average molecular weight is 428 g/mol. The molecule has 1 amide bonds. The van der Waals surface area contributed by atoms with Crippen LogP contribution in [0.5, 0.6) is 5.75 Å². The van der Waals surface area contributed by atoms with E-state index in [1.165, 1.54) is 23.5 Å². The predicted octanol–water partition coefficient (Wildman–Crippen LogP) is 4.76. The number of hydrogen-bond acceptors (Lipinski definition) is 5. The van der Waals surface area contributed by atoms with Crippen LogP contribution >= 0.6 is 11.3 Å². The maximum Gasteiger partial charge on any atom is 0.315 e. The highest BCUT2D eigenvalue weighted by molar-refractivity contribution is 7.16. The van der Waals surface area contributed by atoms with E-state index in [4.69, 9.17) is 13.9 Å². The number of furan rings is 1. The van der Waals surface area contributed by atoms with Crippen LogP contribution in [0.4, 0.5) is 4.39 Å². The molecule has 0 spiro atoms. The molecule has 8 heteroatoms. The fourth-order valence-corrected chi connectivity index (χ4v) is 4.28. The zero-order chi connectivity index (χ0) is 21.1. The Hall–Kier alpha value is -2.97. The van der Waals surface area contributed by atoms with Gasteiger partial charge in [0.2, 0.25) is 0 Å². The molecule has 0 bridgehead atoms. The molecule has 4 aromatic rings. The third kappa shape index (κ3) is 4.01. The number of aromatic nitrogens is 1. The number of thiazole rings is 1. The fourth-order valence-electron chi connectivity index (χ4n) is 3.20. The van der Waals surface area contributed by atoms with Gasteiger partial charge in [0, 0.05) is 18.5 Å². The van der Waals surface area contributed by atoms with Crippen molar-refractivity contribution >= 4 is 38.4 Å². The van der Waals surface area contributed by atoms with E-state index in [0.29, 0.717) is 47.2 Å². The second kappa shape index (κ2) is 8.81. The molecule has 0 radical (unpaired) electrons. The predicted molar refractivity (Wildman–Crippen MR) is 114 cm³/mol. The molecule has 0 fully saturated rings. The number of fused-ring (bicyclic) bond motifs is 2. The van der Waals surface area contributed by atoms with E-state index < -0.39 is 5.91 Å². The highest BCUT2D eigenvalue weighted by Gasteiger charge is 2.16. The molecular formula is C22H21FN2O4S. The molecule has 0 unspecified atom stereocenters. The minimum Gasteiger partial charge on any atom is -0.490 e. The van der Waals surface area contributed by atoms with Crippen molar-refractivity contribution in [1.82, 2.24) is 4.57 Å². The zero-order valence-corrected chi connectivity index (χ0v) is 17.5. The van der Waals surface area contributed by atoms with Crippen molar-refractivity contribution < 1.29 is 23.1 Å². The molecule has 0 saturated heterocycles. The summed E-state index contributed by atoms with van der Waals surface area (Å²) in [5.41, 5.74) is 1.32. The highest BCUT2D eigenvalue weighted by atomic mass is 32.1. The Morgan fingerprint density at radius 3 is 2.87 bits per heavy atom. The van der Waals surface area contributed by atoms with Crippen LogP contribution in [0.25, 0.3) is 21.2 Å². The third-order valence-electron chi connectivity index (χ3n) is 4.52. The van der Waals surface area contributed by atoms with Gasteiger partial charge in [-0.3, -0.25) is 4.79 Å². The molecule has 0 N–H and O–H groups in total. The number of halogens is 1. The number of hydrogen-bond donors (Lipinski definition) is 0. The number of benzene rings is 2. The van der Waals surface area contributed by atoms with E-state index in [1.54, 1.807) is 18.2 Å². The molecule has 0 atom stereocenters. The molecule has 0 aliphatic rings. The summed E-state index contributed by atoms with van der Waals surface area (Å²) < 4.78 is 33.0. The van der Waals surface area contributed by atoms with Gasteiger partial charge in [-0.1, -0.05) is 23.5 Å². The molecule has 6 nitrogen and oxygen atoms in total. The van der Waals surface area contributed by atoms with Crippen molar-refractivity contribution in [2.24, 2.45) is 4.99 Å². The van der Waals surface area contributed by atoms with Gasteiger partial charge in [-0.25, -0.2) is 4.39 Å². The molecule has 30 heavy (non-hydrogen) atoms. The van der Waals surface area contributed by atoms with E-state index in [1.807, 2.05) is 30.5 Å². The van der Waals surface area contributed by atoms with Crippen molar-refractivity contribution in [2.75, 3.05) is 19.8 Å². The normalized spacial score (nSPS) is 12.2. The van der Waals surface area contributed by atoms with Crippen LogP contribution in [0.3, 0.4) is 0 Å². The Kier molecular flexibility index (Phi) is 5.96. The number of carbonyl (C=O) groups excluding carboxylic acids is 1. The van der Waals surface area contributed by atoms with Crippen molar-refractivity contribution in [2.45, 2.75) is 20.4 Å². The van der Waals surface area contributed by atoms with Crippen LogP contribution in [-0.4, -0.2) is 30.3 Å². The third-order valence-corrected chi connectivity index (χ3v) is 5.57. The first kappa shape index (κ1) is 20.3. The number of ether oxygens (including phenoxy) is 2. The van der Waals surface area contributed by atoms with Crippen LogP contribution < -0.4 is 9.54 Å². The maximum atomic E-state index is 13.7. The molecule has 0 aliphatic carbocycles. The minimum atomic E-state index is -0.508. The average Bonchev–Trinajstić information content (AvgIpc) is 3.30. The second-order valence-corrected chi connectivity index (χ2v) is 7.49. The Labute approximate surface area is 176 Å². The van der Waals surface area contributed by atoms with Gasteiger partial charge >= 0.3 is 5.91 Å². The van der Waals surface area contributed by atoms with Gasteiger partial charge in [0.15, 0.2) is 21.9 Å². The van der Waals surface area contributed by atoms with E-state index in [2.05, 4.69) is 4.99 Å².